The Kier molecular flexibility index (Phi) is 4.21. The maximum absolute atomic E-state index is 4.46. The first kappa shape index (κ1) is 13.2. The molecule has 4 heteroatoms. The first-order valence-electron chi connectivity index (χ1n) is 6.39. The van der Waals surface area contributed by atoms with Gasteiger partial charge in [-0.05, 0) is 51.9 Å². The maximum Gasteiger partial charge on any atom is 0.106 e. The van der Waals surface area contributed by atoms with Crippen LogP contribution in [0.5, 0.6) is 0 Å². The smallest absolute Gasteiger partial charge is 0.106 e. The van der Waals surface area contributed by atoms with Gasteiger partial charge in [0.15, 0.2) is 0 Å². The van der Waals surface area contributed by atoms with Gasteiger partial charge in [-0.1, -0.05) is 24.3 Å². The second-order valence-corrected chi connectivity index (χ2v) is 6.51. The molecule has 2 nitrogen and oxygen atoms in total. The molecule has 0 fully saturated rings. The van der Waals surface area contributed by atoms with E-state index < -0.39 is 0 Å². The molecule has 0 amide bonds. The number of rotatable bonds is 3. The van der Waals surface area contributed by atoms with Gasteiger partial charge in [0.2, 0.25) is 0 Å². The van der Waals surface area contributed by atoms with Gasteiger partial charge in [-0.25, -0.2) is 4.98 Å². The first-order valence-corrected chi connectivity index (χ1v) is 8.17. The molecule has 19 heavy (non-hydrogen) atoms. The third kappa shape index (κ3) is 3.19. The van der Waals surface area contributed by atoms with Crippen LogP contribution in [0.4, 0.5) is 0 Å². The highest BCUT2D eigenvalue weighted by Gasteiger charge is 2.19. The van der Waals surface area contributed by atoms with Crippen LogP contribution >= 0.6 is 27.7 Å². The molecule has 0 saturated heterocycles. The highest BCUT2D eigenvalue weighted by atomic mass is 79.9. The van der Waals surface area contributed by atoms with E-state index >= 15 is 0 Å². The Hall–Kier alpha value is -0.840. The monoisotopic (exact) mass is 334 g/mol. The summed E-state index contributed by atoms with van der Waals surface area (Å²) in [6, 6.07) is 15.2. The van der Waals surface area contributed by atoms with Crippen LogP contribution in [0.1, 0.15) is 23.7 Å². The lowest BCUT2D eigenvalue weighted by Gasteiger charge is -2.25. The molecular weight excluding hydrogens is 320 g/mol. The van der Waals surface area contributed by atoms with E-state index in [9.17, 15) is 0 Å². The van der Waals surface area contributed by atoms with E-state index in [1.54, 1.807) is 0 Å². The Balaban J connectivity index is 1.71. The Morgan fingerprint density at radius 1 is 1.21 bits per heavy atom. The quantitative estimate of drug-likeness (QED) is 0.852. The molecule has 0 aliphatic carbocycles. The van der Waals surface area contributed by atoms with Crippen LogP contribution in [0.25, 0.3) is 0 Å². The van der Waals surface area contributed by atoms with Gasteiger partial charge in [0.05, 0.1) is 5.69 Å². The Morgan fingerprint density at radius 2 is 2.11 bits per heavy atom. The van der Waals surface area contributed by atoms with Crippen LogP contribution in [-0.4, -0.2) is 10.7 Å². The van der Waals surface area contributed by atoms with E-state index in [1.807, 2.05) is 23.9 Å². The third-order valence-corrected chi connectivity index (χ3v) is 4.83. The normalized spacial score (nSPS) is 18.1. The summed E-state index contributed by atoms with van der Waals surface area (Å²) in [5.41, 5.74) is 2.50. The molecule has 1 aliphatic rings. The number of hydrogen-bond donors (Lipinski definition) is 1. The minimum absolute atomic E-state index is 0.443. The Labute approximate surface area is 126 Å². The van der Waals surface area contributed by atoms with E-state index in [0.29, 0.717) is 6.04 Å². The van der Waals surface area contributed by atoms with E-state index in [1.165, 1.54) is 22.6 Å². The summed E-state index contributed by atoms with van der Waals surface area (Å²) in [5.74, 6) is 1.18. The average Bonchev–Trinajstić information content (AvgIpc) is 2.45. The van der Waals surface area contributed by atoms with Crippen molar-refractivity contribution in [3.63, 3.8) is 0 Å². The van der Waals surface area contributed by atoms with Crippen molar-refractivity contribution in [1.82, 2.24) is 10.3 Å². The lowest BCUT2D eigenvalue weighted by Crippen LogP contribution is -2.24. The van der Waals surface area contributed by atoms with Crippen LogP contribution in [0.2, 0.25) is 0 Å². The molecule has 1 atom stereocenters. The fourth-order valence-corrected chi connectivity index (χ4v) is 3.84. The molecule has 0 radical (unpaired) electrons. The molecule has 0 saturated carbocycles. The van der Waals surface area contributed by atoms with Gasteiger partial charge < -0.3 is 5.32 Å². The highest BCUT2D eigenvalue weighted by Crippen LogP contribution is 2.35. The number of thioether (sulfide) groups is 1. The molecular formula is C15H15BrN2S. The number of nitrogens with zero attached hydrogens (tertiary/aromatic N) is 1. The molecule has 1 aliphatic heterocycles. The fraction of sp³-hybridized carbons (Fsp3) is 0.267. The number of pyridine rings is 1. The van der Waals surface area contributed by atoms with Crippen LogP contribution in [-0.2, 0) is 6.54 Å². The van der Waals surface area contributed by atoms with Crippen molar-refractivity contribution in [2.45, 2.75) is 23.9 Å². The van der Waals surface area contributed by atoms with Crippen molar-refractivity contribution < 1.29 is 0 Å². The summed E-state index contributed by atoms with van der Waals surface area (Å²) < 4.78 is 0.895. The van der Waals surface area contributed by atoms with Gasteiger partial charge in [-0.15, -0.1) is 11.8 Å². The van der Waals surface area contributed by atoms with Gasteiger partial charge in [0.25, 0.3) is 0 Å². The molecule has 2 heterocycles. The molecule has 0 spiro atoms. The minimum Gasteiger partial charge on any atom is -0.304 e. The van der Waals surface area contributed by atoms with Gasteiger partial charge in [0, 0.05) is 17.5 Å². The number of fused-ring (bicyclic) bond motifs is 1. The summed E-state index contributed by atoms with van der Waals surface area (Å²) in [5, 5.41) is 3.62. The first-order chi connectivity index (χ1) is 9.33. The van der Waals surface area contributed by atoms with Crippen molar-refractivity contribution in [2.75, 3.05) is 5.75 Å². The van der Waals surface area contributed by atoms with Crippen LogP contribution < -0.4 is 5.32 Å². The zero-order valence-corrected chi connectivity index (χ0v) is 12.9. The zero-order valence-electron chi connectivity index (χ0n) is 10.5. The molecule has 2 aromatic rings. The van der Waals surface area contributed by atoms with E-state index in [4.69, 9.17) is 0 Å². The van der Waals surface area contributed by atoms with Crippen molar-refractivity contribution in [1.29, 1.82) is 0 Å². The minimum atomic E-state index is 0.443. The number of benzene rings is 1. The predicted molar refractivity (Wildman–Crippen MR) is 83.3 cm³/mol. The molecule has 0 bridgehead atoms. The summed E-state index contributed by atoms with van der Waals surface area (Å²) >= 11 is 5.37. The fourth-order valence-electron chi connectivity index (χ4n) is 2.33. The molecule has 1 aromatic carbocycles. The number of hydrogen-bond acceptors (Lipinski definition) is 3. The third-order valence-electron chi connectivity index (χ3n) is 3.26. The summed E-state index contributed by atoms with van der Waals surface area (Å²) in [6.07, 6.45) is 1.18. The molecule has 98 valence electrons. The van der Waals surface area contributed by atoms with Gasteiger partial charge in [0.1, 0.15) is 4.60 Å². The van der Waals surface area contributed by atoms with Gasteiger partial charge in [-0.2, -0.15) is 0 Å². The zero-order chi connectivity index (χ0) is 13.1. The van der Waals surface area contributed by atoms with Crippen molar-refractivity contribution in [3.05, 3.63) is 58.3 Å². The van der Waals surface area contributed by atoms with Crippen molar-refractivity contribution in [3.8, 4) is 0 Å². The Morgan fingerprint density at radius 3 is 3.00 bits per heavy atom. The Bertz CT molecular complexity index is 574. The van der Waals surface area contributed by atoms with Crippen molar-refractivity contribution in [2.24, 2.45) is 0 Å². The summed E-state index contributed by atoms with van der Waals surface area (Å²) in [4.78, 5) is 5.87. The maximum atomic E-state index is 4.46. The summed E-state index contributed by atoms with van der Waals surface area (Å²) in [7, 11) is 0. The van der Waals surface area contributed by atoms with E-state index in [-0.39, 0.29) is 0 Å². The molecule has 1 aromatic heterocycles. The lowest BCUT2D eigenvalue weighted by atomic mass is 10.0. The van der Waals surface area contributed by atoms with E-state index in [2.05, 4.69) is 56.6 Å². The van der Waals surface area contributed by atoms with Crippen LogP contribution in [0.3, 0.4) is 0 Å². The predicted octanol–water partition coefficient (Wildman–Crippen LogP) is 4.17. The van der Waals surface area contributed by atoms with Gasteiger partial charge in [-0.3, -0.25) is 0 Å². The second-order valence-electron chi connectivity index (χ2n) is 4.56. The number of nitrogens with one attached hydrogen (secondary N) is 1. The molecule has 1 N–H and O–H groups in total. The van der Waals surface area contributed by atoms with Crippen molar-refractivity contribution >= 4 is 27.7 Å². The largest absolute Gasteiger partial charge is 0.304 e. The molecule has 1 unspecified atom stereocenters. The van der Waals surface area contributed by atoms with Gasteiger partial charge >= 0.3 is 0 Å². The molecule has 3 rings (SSSR count). The number of halogens is 1. The van der Waals surface area contributed by atoms with E-state index in [0.717, 1.165) is 16.8 Å². The lowest BCUT2D eigenvalue weighted by molar-refractivity contribution is 0.505. The second kappa shape index (κ2) is 6.07. The SMILES string of the molecule is Brc1cccc(CNC2CCSc3ccccc32)n1. The average molecular weight is 335 g/mol. The topological polar surface area (TPSA) is 24.9 Å². The van der Waals surface area contributed by atoms with Crippen LogP contribution in [0, 0.1) is 0 Å². The number of aromatic nitrogens is 1. The standard InChI is InChI=1S/C15H15BrN2S/c16-15-7-3-4-11(18-15)10-17-13-8-9-19-14-6-2-1-5-12(13)14/h1-7,13,17H,8-10H2. The summed E-state index contributed by atoms with van der Waals surface area (Å²) in [6.45, 7) is 0.809. The highest BCUT2D eigenvalue weighted by molar-refractivity contribution is 9.10. The van der Waals surface area contributed by atoms with Crippen LogP contribution in [0.15, 0.2) is 52.0 Å².